The summed E-state index contributed by atoms with van der Waals surface area (Å²) in [6.45, 7) is 2.88. The zero-order chi connectivity index (χ0) is 33.4. The van der Waals surface area contributed by atoms with E-state index in [0.717, 1.165) is 120 Å². The third-order valence-corrected chi connectivity index (χ3v) is 12.6. The topological polar surface area (TPSA) is 90.1 Å². The SMILES string of the molecule is C[N+]1=c2c(c3c(c4ccccc24)=C(c2c(Cl)c(SCC(=O)O)c(Cl)c(Cl)c2C(=O)O)c2cc4c5c(c2O3)CCCN5CCCC4)CCC1. The molecule has 0 saturated heterocycles. The van der Waals surface area contributed by atoms with Gasteiger partial charge in [-0.25, -0.2) is 9.37 Å². The molecule has 246 valence electrons. The number of hydrogen-bond acceptors (Lipinski definition) is 5. The second-order valence-electron chi connectivity index (χ2n) is 12.9. The number of thioether (sulfide) groups is 1. The standard InChI is InChI=1S/C37H31Cl3N2O5S/c1-41-13-6-11-22-33(41)20-10-3-2-9-19(20)26-25(27-28(37(45)46)29(38)31(40)36(30(27)39)48-17-24(43)44)23-16-18-8-4-5-14-42-15-7-12-21(32(18)42)34(23)47-35(22)26/h2-3,9-10,16H,4-8,11-15,17H2,1H3,(H-,43,44,45,46)/p+1. The number of carboxylic acids is 2. The number of benzene rings is 4. The van der Waals surface area contributed by atoms with E-state index in [1.807, 2.05) is 18.2 Å². The fourth-order valence-corrected chi connectivity index (χ4v) is 10.1. The van der Waals surface area contributed by atoms with E-state index in [-0.39, 0.29) is 36.8 Å². The van der Waals surface area contributed by atoms with Crippen molar-refractivity contribution in [2.24, 2.45) is 0 Å². The van der Waals surface area contributed by atoms with Crippen molar-refractivity contribution in [3.63, 3.8) is 0 Å². The Labute approximate surface area is 296 Å². The maximum atomic E-state index is 13.2. The van der Waals surface area contributed by atoms with E-state index in [4.69, 9.17) is 39.5 Å². The number of aliphatic carboxylic acids is 1. The summed E-state index contributed by atoms with van der Waals surface area (Å²) < 4.78 is 9.47. The molecular weight excluding hydrogens is 691 g/mol. The van der Waals surface area contributed by atoms with E-state index in [0.29, 0.717) is 11.3 Å². The lowest BCUT2D eigenvalue weighted by Gasteiger charge is -2.36. The molecule has 48 heavy (non-hydrogen) atoms. The molecule has 4 heterocycles. The van der Waals surface area contributed by atoms with Crippen LogP contribution in [0.25, 0.3) is 16.3 Å². The summed E-state index contributed by atoms with van der Waals surface area (Å²) in [4.78, 5) is 27.6. The van der Waals surface area contributed by atoms with Gasteiger partial charge >= 0.3 is 11.9 Å². The number of carbonyl (C=O) groups is 2. The Kier molecular flexibility index (Phi) is 8.06. The molecule has 0 aromatic heterocycles. The lowest BCUT2D eigenvalue weighted by Crippen LogP contribution is -2.38. The summed E-state index contributed by atoms with van der Waals surface area (Å²) in [5.41, 5.74) is 6.05. The van der Waals surface area contributed by atoms with Gasteiger partial charge in [-0.3, -0.25) is 4.79 Å². The molecule has 8 rings (SSSR count). The minimum absolute atomic E-state index is 0.0611. The Morgan fingerprint density at radius 1 is 0.917 bits per heavy atom. The minimum Gasteiger partial charge on any atom is -0.481 e. The molecule has 0 fully saturated rings. The van der Waals surface area contributed by atoms with Crippen LogP contribution in [0.5, 0.6) is 11.5 Å². The lowest BCUT2D eigenvalue weighted by molar-refractivity contribution is -0.133. The van der Waals surface area contributed by atoms with Crippen LogP contribution in [0.3, 0.4) is 0 Å². The van der Waals surface area contributed by atoms with E-state index in [2.05, 4.69) is 28.7 Å². The van der Waals surface area contributed by atoms with Crippen molar-refractivity contribution in [1.29, 1.82) is 0 Å². The monoisotopic (exact) mass is 721 g/mol. The van der Waals surface area contributed by atoms with E-state index in [9.17, 15) is 19.8 Å². The van der Waals surface area contributed by atoms with Gasteiger partial charge in [0.15, 0.2) is 0 Å². The highest BCUT2D eigenvalue weighted by Crippen LogP contribution is 2.52. The summed E-state index contributed by atoms with van der Waals surface area (Å²) in [5.74, 6) is -1.23. The smallest absolute Gasteiger partial charge is 0.337 e. The number of rotatable bonds is 5. The van der Waals surface area contributed by atoms with Gasteiger partial charge in [-0.2, -0.15) is 0 Å². The van der Waals surface area contributed by atoms with Gasteiger partial charge in [0.05, 0.1) is 37.3 Å². The molecule has 4 aliphatic heterocycles. The van der Waals surface area contributed by atoms with Gasteiger partial charge in [0.25, 0.3) is 0 Å². The number of aromatic carboxylic acids is 1. The zero-order valence-corrected chi connectivity index (χ0v) is 29.3. The number of anilines is 1. The first-order chi connectivity index (χ1) is 23.2. The predicted octanol–water partition coefficient (Wildman–Crippen LogP) is 7.18. The third kappa shape index (κ3) is 4.82. The first-order valence-corrected chi connectivity index (χ1v) is 18.4. The molecule has 0 amide bonds. The second kappa shape index (κ2) is 12.2. The molecule has 0 spiro atoms. The van der Waals surface area contributed by atoms with Gasteiger partial charge < -0.3 is 19.8 Å². The largest absolute Gasteiger partial charge is 0.481 e. The Morgan fingerprint density at radius 2 is 1.67 bits per heavy atom. The summed E-state index contributed by atoms with van der Waals surface area (Å²) in [6.07, 6.45) is 6.57. The summed E-state index contributed by atoms with van der Waals surface area (Å²) in [5, 5.41) is 24.0. The van der Waals surface area contributed by atoms with Gasteiger partial charge in [0.1, 0.15) is 25.1 Å². The molecule has 4 aromatic rings. The fourth-order valence-electron chi connectivity index (χ4n) is 8.21. The number of carboxylic acid groups (broad SMARTS) is 2. The van der Waals surface area contributed by atoms with Crippen molar-refractivity contribution in [1.82, 2.24) is 4.58 Å². The second-order valence-corrected chi connectivity index (χ2v) is 15.0. The average Bonchev–Trinajstić information content (AvgIpc) is 3.28. The Bertz CT molecular complexity index is 2250. The molecule has 2 N–H and O–H groups in total. The number of aryl methyl sites for hydroxylation is 1. The fraction of sp³-hybridized carbons (Fsp3) is 0.324. The Balaban J connectivity index is 1.62. The molecule has 0 bridgehead atoms. The van der Waals surface area contributed by atoms with Crippen LogP contribution in [0.2, 0.25) is 15.1 Å². The number of hydrogen-bond donors (Lipinski definition) is 2. The predicted molar refractivity (Wildman–Crippen MR) is 192 cm³/mol. The van der Waals surface area contributed by atoms with Crippen LogP contribution in [0.15, 0.2) is 35.2 Å². The lowest BCUT2D eigenvalue weighted by atomic mass is 9.82. The third-order valence-electron chi connectivity index (χ3n) is 10.1. The number of fused-ring (bicyclic) bond motifs is 8. The van der Waals surface area contributed by atoms with Crippen LogP contribution in [-0.2, 0) is 24.1 Å². The average molecular weight is 723 g/mol. The van der Waals surface area contributed by atoms with Gasteiger partial charge in [-0.1, -0.05) is 53.0 Å². The van der Waals surface area contributed by atoms with Crippen LogP contribution in [-0.4, -0.2) is 54.6 Å². The van der Waals surface area contributed by atoms with Crippen LogP contribution < -0.4 is 24.8 Å². The molecule has 11 heteroatoms. The number of nitrogens with zero attached hydrogens (tertiary/aromatic N) is 2. The molecular formula is C37H32Cl3N2O5S+. The van der Waals surface area contributed by atoms with Gasteiger partial charge in [0, 0.05) is 57.6 Å². The van der Waals surface area contributed by atoms with Gasteiger partial charge in [0.2, 0.25) is 5.36 Å². The summed E-state index contributed by atoms with van der Waals surface area (Å²) in [6, 6.07) is 10.3. The van der Waals surface area contributed by atoms with Gasteiger partial charge in [-0.15, -0.1) is 11.8 Å². The maximum absolute atomic E-state index is 13.2. The quantitative estimate of drug-likeness (QED) is 0.113. The maximum Gasteiger partial charge on any atom is 0.337 e. The molecule has 4 aliphatic rings. The summed E-state index contributed by atoms with van der Waals surface area (Å²) in [7, 11) is 2.10. The zero-order valence-electron chi connectivity index (χ0n) is 26.2. The Morgan fingerprint density at radius 3 is 2.44 bits per heavy atom. The highest BCUT2D eigenvalue weighted by molar-refractivity contribution is 8.00. The van der Waals surface area contributed by atoms with Crippen molar-refractivity contribution < 1.29 is 24.5 Å². The molecule has 7 nitrogen and oxygen atoms in total. The van der Waals surface area contributed by atoms with Crippen LogP contribution >= 0.6 is 46.6 Å². The van der Waals surface area contributed by atoms with E-state index in [1.54, 1.807) is 0 Å². The van der Waals surface area contributed by atoms with Crippen molar-refractivity contribution in [2.45, 2.75) is 49.8 Å². The molecule has 0 atom stereocenters. The number of halogens is 3. The molecule has 0 unspecified atom stereocenters. The van der Waals surface area contributed by atoms with Crippen LogP contribution in [0.4, 0.5) is 5.69 Å². The molecule has 0 saturated carbocycles. The van der Waals surface area contributed by atoms with E-state index >= 15 is 0 Å². The van der Waals surface area contributed by atoms with Crippen molar-refractivity contribution in [2.75, 3.05) is 37.3 Å². The van der Waals surface area contributed by atoms with E-state index in [1.165, 1.54) is 11.3 Å². The van der Waals surface area contributed by atoms with E-state index < -0.39 is 11.9 Å². The van der Waals surface area contributed by atoms with Crippen molar-refractivity contribution >= 4 is 80.5 Å². The number of ether oxygens (including phenoxy) is 1. The molecule has 0 radical (unpaired) electrons. The first kappa shape index (κ1) is 31.8. The Hall–Kier alpha value is -3.43. The first-order valence-electron chi connectivity index (χ1n) is 16.2. The van der Waals surface area contributed by atoms with Crippen LogP contribution in [0, 0.1) is 0 Å². The van der Waals surface area contributed by atoms with Crippen LogP contribution in [0.1, 0.15) is 63.9 Å². The highest BCUT2D eigenvalue weighted by Gasteiger charge is 2.38. The highest BCUT2D eigenvalue weighted by atomic mass is 35.5. The van der Waals surface area contributed by atoms with Gasteiger partial charge in [-0.05, 0) is 61.6 Å². The van der Waals surface area contributed by atoms with Crippen molar-refractivity contribution in [3.05, 3.63) is 89.4 Å². The molecule has 4 aromatic carbocycles. The minimum atomic E-state index is -1.28. The normalized spacial score (nSPS) is 16.5. The summed E-state index contributed by atoms with van der Waals surface area (Å²) >= 11 is 21.7. The molecule has 0 aliphatic carbocycles. The van der Waals surface area contributed by atoms with Crippen molar-refractivity contribution in [3.8, 4) is 11.5 Å².